The van der Waals surface area contributed by atoms with Crippen LogP contribution in [0.3, 0.4) is 0 Å². The highest BCUT2D eigenvalue weighted by atomic mass is 16.5. The lowest BCUT2D eigenvalue weighted by Crippen LogP contribution is -2.23. The molecule has 1 aliphatic carbocycles. The van der Waals surface area contributed by atoms with Gasteiger partial charge in [0.1, 0.15) is 0 Å². The smallest absolute Gasteiger partial charge is 0.0587 e. The van der Waals surface area contributed by atoms with Crippen LogP contribution in [0.1, 0.15) is 75.0 Å². The zero-order valence-corrected chi connectivity index (χ0v) is 23.3. The molecule has 0 aliphatic heterocycles. The number of rotatable bonds is 13. The predicted octanol–water partition coefficient (Wildman–Crippen LogP) is 7.33. The van der Waals surface area contributed by atoms with Gasteiger partial charge in [-0.15, -0.1) is 0 Å². The van der Waals surface area contributed by atoms with Gasteiger partial charge in [-0.1, -0.05) is 63.1 Å². The molecule has 1 aliphatic rings. The monoisotopic (exact) mass is 489 g/mol. The Bertz CT molecular complexity index is 989. The fourth-order valence-electron chi connectivity index (χ4n) is 5.17. The molecule has 0 radical (unpaired) electrons. The van der Waals surface area contributed by atoms with Crippen molar-refractivity contribution in [3.8, 4) is 0 Å². The lowest BCUT2D eigenvalue weighted by Gasteiger charge is -2.28. The predicted molar refractivity (Wildman–Crippen MR) is 158 cm³/mol. The Balaban J connectivity index is 1.86. The first-order valence-corrected chi connectivity index (χ1v) is 13.8. The van der Waals surface area contributed by atoms with Crippen molar-refractivity contribution < 1.29 is 4.74 Å². The minimum atomic E-state index is 0.697. The summed E-state index contributed by atoms with van der Waals surface area (Å²) < 4.78 is 5.18. The van der Waals surface area contributed by atoms with Gasteiger partial charge in [0.05, 0.1) is 6.61 Å². The summed E-state index contributed by atoms with van der Waals surface area (Å²) in [5.41, 5.74) is 8.70. The molecule has 1 saturated carbocycles. The van der Waals surface area contributed by atoms with E-state index in [1.807, 2.05) is 0 Å². The lowest BCUT2D eigenvalue weighted by molar-refractivity contribution is 0.200. The summed E-state index contributed by atoms with van der Waals surface area (Å²) in [7, 11) is 6.05. The molecule has 0 aromatic heterocycles. The van der Waals surface area contributed by atoms with E-state index < -0.39 is 0 Å². The van der Waals surface area contributed by atoms with Crippen LogP contribution >= 0.6 is 0 Å². The second kappa shape index (κ2) is 14.2. The number of benzene rings is 2. The average molecular weight is 490 g/mol. The number of nitrogens with one attached hydrogen (secondary N) is 1. The zero-order valence-electron chi connectivity index (χ0n) is 23.3. The second-order valence-corrected chi connectivity index (χ2v) is 10.0. The maximum absolute atomic E-state index is 5.18. The summed E-state index contributed by atoms with van der Waals surface area (Å²) in [5, 5.41) is 3.45. The van der Waals surface area contributed by atoms with Gasteiger partial charge in [0.2, 0.25) is 0 Å². The molecule has 4 nitrogen and oxygen atoms in total. The minimum Gasteiger partial charge on any atom is -0.383 e. The summed E-state index contributed by atoms with van der Waals surface area (Å²) in [6.07, 6.45) is 10.1. The van der Waals surface area contributed by atoms with Crippen LogP contribution in [0, 0.1) is 0 Å². The Hall–Kier alpha value is -2.56. The number of hydrogen-bond acceptors (Lipinski definition) is 4. The summed E-state index contributed by atoms with van der Waals surface area (Å²) in [4.78, 5) is 4.61. The number of nitrogens with zero attached hydrogens (tertiary/aromatic N) is 2. The molecule has 3 rings (SSSR count). The van der Waals surface area contributed by atoms with Crippen molar-refractivity contribution >= 4 is 22.6 Å². The largest absolute Gasteiger partial charge is 0.383 e. The first-order valence-electron chi connectivity index (χ1n) is 13.8. The molecular weight excluding hydrogens is 442 g/mol. The van der Waals surface area contributed by atoms with E-state index in [2.05, 4.69) is 98.2 Å². The number of hydrogen-bond donors (Lipinski definition) is 1. The molecular formula is C32H47N3O. The van der Waals surface area contributed by atoms with Crippen molar-refractivity contribution in [3.05, 3.63) is 71.8 Å². The third-order valence-electron chi connectivity index (χ3n) is 7.50. The van der Waals surface area contributed by atoms with Gasteiger partial charge in [-0.05, 0) is 67.0 Å². The van der Waals surface area contributed by atoms with Crippen molar-refractivity contribution in [2.24, 2.45) is 0 Å². The number of anilines is 2. The van der Waals surface area contributed by atoms with Crippen LogP contribution in [-0.2, 0) is 4.74 Å². The summed E-state index contributed by atoms with van der Waals surface area (Å²) >= 11 is 0. The van der Waals surface area contributed by atoms with E-state index in [1.165, 1.54) is 65.9 Å². The van der Waals surface area contributed by atoms with Gasteiger partial charge >= 0.3 is 0 Å². The van der Waals surface area contributed by atoms with Crippen LogP contribution in [-0.4, -0.2) is 47.4 Å². The van der Waals surface area contributed by atoms with Gasteiger partial charge < -0.3 is 19.9 Å². The molecule has 0 spiro atoms. The normalized spacial score (nSPS) is 14.6. The van der Waals surface area contributed by atoms with Gasteiger partial charge in [-0.25, -0.2) is 0 Å². The molecule has 0 bridgehead atoms. The van der Waals surface area contributed by atoms with Gasteiger partial charge in [-0.3, -0.25) is 0 Å². The quantitative estimate of drug-likeness (QED) is 0.298. The van der Waals surface area contributed by atoms with E-state index in [4.69, 9.17) is 4.74 Å². The highest BCUT2D eigenvalue weighted by molar-refractivity contribution is 5.84. The Kier molecular flexibility index (Phi) is 11.1. The van der Waals surface area contributed by atoms with E-state index in [-0.39, 0.29) is 0 Å². The first kappa shape index (κ1) is 28.0. The minimum absolute atomic E-state index is 0.697. The van der Waals surface area contributed by atoms with Crippen molar-refractivity contribution in [1.29, 1.82) is 0 Å². The Labute approximate surface area is 220 Å². The van der Waals surface area contributed by atoms with Crippen molar-refractivity contribution in [3.63, 3.8) is 0 Å². The molecule has 0 saturated heterocycles. The molecule has 1 N–H and O–H groups in total. The Morgan fingerprint density at radius 3 is 2.42 bits per heavy atom. The van der Waals surface area contributed by atoms with Crippen LogP contribution in [0.2, 0.25) is 0 Å². The second-order valence-electron chi connectivity index (χ2n) is 10.0. The van der Waals surface area contributed by atoms with E-state index in [1.54, 1.807) is 7.11 Å². The van der Waals surface area contributed by atoms with Crippen molar-refractivity contribution in [2.75, 3.05) is 57.2 Å². The fourth-order valence-corrected chi connectivity index (χ4v) is 5.17. The summed E-state index contributed by atoms with van der Waals surface area (Å²) in [6.45, 7) is 12.0. The van der Waals surface area contributed by atoms with Crippen LogP contribution in [0.5, 0.6) is 0 Å². The number of ether oxygens (including phenoxy) is 1. The Morgan fingerprint density at radius 1 is 1.06 bits per heavy atom. The van der Waals surface area contributed by atoms with Gasteiger partial charge in [-0.2, -0.15) is 0 Å². The SMILES string of the molecule is C=C(CNCCOC)c1cc(N(C)/C(=C/CC)c2ccc(C3CCCCC3)cc2)ccc1N(C)CC. The molecule has 0 heterocycles. The number of methoxy groups -OCH3 is 1. The first-order chi connectivity index (χ1) is 17.5. The maximum atomic E-state index is 5.18. The average Bonchev–Trinajstić information content (AvgIpc) is 2.93. The molecule has 0 amide bonds. The van der Waals surface area contributed by atoms with Crippen LogP contribution < -0.4 is 15.1 Å². The standard InChI is InChI=1S/C32H47N3O/c1-7-12-31(28-17-15-27(16-18-28)26-13-10-9-11-14-26)35(5)29-19-20-32(34(4)8-2)30(23-29)25(3)24-33-21-22-36-6/h12,15-20,23,26,33H,3,7-11,13-14,21-22,24H2,1-2,4-6H3/b31-12+. The summed E-state index contributed by atoms with van der Waals surface area (Å²) in [5.74, 6) is 0.735. The molecule has 0 unspecified atom stereocenters. The molecule has 2 aromatic carbocycles. The highest BCUT2D eigenvalue weighted by Gasteiger charge is 2.18. The van der Waals surface area contributed by atoms with E-state index in [9.17, 15) is 0 Å². The third-order valence-corrected chi connectivity index (χ3v) is 7.50. The molecule has 2 aromatic rings. The van der Waals surface area contributed by atoms with Gasteiger partial charge in [0, 0.05) is 63.5 Å². The van der Waals surface area contributed by atoms with Crippen LogP contribution in [0.25, 0.3) is 11.3 Å². The van der Waals surface area contributed by atoms with Crippen LogP contribution in [0.15, 0.2) is 55.1 Å². The van der Waals surface area contributed by atoms with Crippen molar-refractivity contribution in [1.82, 2.24) is 5.32 Å². The Morgan fingerprint density at radius 2 is 1.78 bits per heavy atom. The highest BCUT2D eigenvalue weighted by Crippen LogP contribution is 2.35. The van der Waals surface area contributed by atoms with Gasteiger partial charge in [0.15, 0.2) is 0 Å². The van der Waals surface area contributed by atoms with E-state index >= 15 is 0 Å². The van der Waals surface area contributed by atoms with E-state index in [0.717, 1.165) is 37.5 Å². The zero-order chi connectivity index (χ0) is 25.9. The molecule has 4 heteroatoms. The summed E-state index contributed by atoms with van der Waals surface area (Å²) in [6, 6.07) is 16.1. The maximum Gasteiger partial charge on any atom is 0.0587 e. The molecule has 36 heavy (non-hydrogen) atoms. The lowest BCUT2D eigenvalue weighted by atomic mass is 9.84. The topological polar surface area (TPSA) is 27.7 Å². The van der Waals surface area contributed by atoms with E-state index in [0.29, 0.717) is 6.61 Å². The fraction of sp³-hybridized carbons (Fsp3) is 0.500. The van der Waals surface area contributed by atoms with Crippen molar-refractivity contribution in [2.45, 2.75) is 58.3 Å². The molecule has 0 atom stereocenters. The molecule has 196 valence electrons. The number of allylic oxidation sites excluding steroid dienone is 1. The van der Waals surface area contributed by atoms with Gasteiger partial charge in [0.25, 0.3) is 0 Å². The third kappa shape index (κ3) is 7.24. The van der Waals surface area contributed by atoms with Crippen LogP contribution in [0.4, 0.5) is 11.4 Å². The molecule has 1 fully saturated rings.